The van der Waals surface area contributed by atoms with E-state index < -0.39 is 0 Å². The molecule has 0 radical (unpaired) electrons. The number of anilines is 1. The van der Waals surface area contributed by atoms with E-state index in [1.54, 1.807) is 60.3 Å². The Labute approximate surface area is 170 Å². The van der Waals surface area contributed by atoms with E-state index in [2.05, 4.69) is 15.6 Å². The van der Waals surface area contributed by atoms with Gasteiger partial charge in [0.25, 0.3) is 5.91 Å². The first kappa shape index (κ1) is 18.9. The molecule has 0 atom stereocenters. The molecular formula is C21H16ClFN4O2. The summed E-state index contributed by atoms with van der Waals surface area (Å²) in [6, 6.07) is 13.4. The summed E-state index contributed by atoms with van der Waals surface area (Å²) in [5.74, 6) is -0.286. The highest BCUT2D eigenvalue weighted by Gasteiger charge is 2.22. The number of aryl methyl sites for hydroxylation is 1. The Morgan fingerprint density at radius 1 is 1.21 bits per heavy atom. The van der Waals surface area contributed by atoms with Crippen LogP contribution in [0.2, 0.25) is 5.02 Å². The van der Waals surface area contributed by atoms with Crippen LogP contribution in [0.25, 0.3) is 11.3 Å². The minimum absolute atomic E-state index is 0.255. The fourth-order valence-corrected chi connectivity index (χ4v) is 3.08. The topological polar surface area (TPSA) is 73.0 Å². The summed E-state index contributed by atoms with van der Waals surface area (Å²) in [5.41, 5.74) is 2.46. The zero-order valence-electron chi connectivity index (χ0n) is 15.4. The lowest BCUT2D eigenvalue weighted by Crippen LogP contribution is -2.13. The highest BCUT2D eigenvalue weighted by molar-refractivity contribution is 6.30. The molecule has 4 rings (SSSR count). The molecule has 0 fully saturated rings. The van der Waals surface area contributed by atoms with Crippen molar-refractivity contribution in [1.82, 2.24) is 14.9 Å². The quantitative estimate of drug-likeness (QED) is 0.505. The molecule has 6 nitrogen and oxygen atoms in total. The first-order chi connectivity index (χ1) is 14.0. The Balaban J connectivity index is 1.54. The molecule has 29 heavy (non-hydrogen) atoms. The molecular weight excluding hydrogens is 395 g/mol. The molecule has 4 aromatic rings. The number of nitrogens with one attached hydrogen (secondary N) is 1. The molecule has 0 unspecified atom stereocenters. The predicted molar refractivity (Wildman–Crippen MR) is 107 cm³/mol. The fourth-order valence-electron chi connectivity index (χ4n) is 2.95. The Bertz CT molecular complexity index is 1170. The number of hydrogen-bond donors (Lipinski definition) is 1. The van der Waals surface area contributed by atoms with Gasteiger partial charge in [0.15, 0.2) is 0 Å². The van der Waals surface area contributed by atoms with Crippen LogP contribution in [-0.4, -0.2) is 20.8 Å². The van der Waals surface area contributed by atoms with Gasteiger partial charge >= 0.3 is 0 Å². The van der Waals surface area contributed by atoms with Crippen molar-refractivity contribution < 1.29 is 13.7 Å². The Morgan fingerprint density at radius 2 is 1.97 bits per heavy atom. The van der Waals surface area contributed by atoms with E-state index in [9.17, 15) is 9.18 Å². The first-order valence-corrected chi connectivity index (χ1v) is 9.18. The van der Waals surface area contributed by atoms with E-state index in [0.29, 0.717) is 38.9 Å². The summed E-state index contributed by atoms with van der Waals surface area (Å²) in [7, 11) is 0. The van der Waals surface area contributed by atoms with Crippen LogP contribution in [0.5, 0.6) is 0 Å². The zero-order chi connectivity index (χ0) is 20.4. The Morgan fingerprint density at radius 3 is 2.72 bits per heavy atom. The van der Waals surface area contributed by atoms with Gasteiger partial charge in [-0.05, 0) is 25.1 Å². The van der Waals surface area contributed by atoms with Crippen molar-refractivity contribution in [3.05, 3.63) is 88.7 Å². The number of benzene rings is 2. The molecule has 2 heterocycles. The monoisotopic (exact) mass is 410 g/mol. The van der Waals surface area contributed by atoms with Crippen molar-refractivity contribution in [2.24, 2.45) is 0 Å². The third-order valence-corrected chi connectivity index (χ3v) is 4.64. The van der Waals surface area contributed by atoms with Gasteiger partial charge in [-0.1, -0.05) is 47.1 Å². The van der Waals surface area contributed by atoms with Gasteiger partial charge in [-0.3, -0.25) is 9.48 Å². The maximum absolute atomic E-state index is 13.8. The van der Waals surface area contributed by atoms with Crippen LogP contribution in [0.4, 0.5) is 10.1 Å². The number of carbonyl (C=O) groups excluding carboxylic acids is 1. The lowest BCUT2D eigenvalue weighted by molar-refractivity contribution is 0.102. The maximum Gasteiger partial charge on any atom is 0.261 e. The van der Waals surface area contributed by atoms with Crippen molar-refractivity contribution in [1.29, 1.82) is 0 Å². The van der Waals surface area contributed by atoms with Crippen molar-refractivity contribution >= 4 is 23.2 Å². The molecule has 1 N–H and O–H groups in total. The van der Waals surface area contributed by atoms with Gasteiger partial charge in [0.2, 0.25) is 0 Å². The number of carbonyl (C=O) groups is 1. The van der Waals surface area contributed by atoms with Crippen LogP contribution in [0.15, 0.2) is 65.4 Å². The smallest absolute Gasteiger partial charge is 0.261 e. The zero-order valence-corrected chi connectivity index (χ0v) is 16.2. The van der Waals surface area contributed by atoms with Crippen molar-refractivity contribution in [3.63, 3.8) is 0 Å². The highest BCUT2D eigenvalue weighted by Crippen LogP contribution is 2.27. The average Bonchev–Trinajstić information content (AvgIpc) is 3.30. The van der Waals surface area contributed by atoms with Crippen LogP contribution < -0.4 is 5.32 Å². The number of hydrogen-bond acceptors (Lipinski definition) is 4. The van der Waals surface area contributed by atoms with Crippen LogP contribution in [-0.2, 0) is 6.54 Å². The summed E-state index contributed by atoms with van der Waals surface area (Å²) >= 11 is 5.93. The highest BCUT2D eigenvalue weighted by atomic mass is 35.5. The van der Waals surface area contributed by atoms with Crippen molar-refractivity contribution in [3.8, 4) is 11.3 Å². The second-order valence-corrected chi connectivity index (χ2v) is 6.88. The summed E-state index contributed by atoms with van der Waals surface area (Å²) < 4.78 is 20.6. The van der Waals surface area contributed by atoms with Crippen LogP contribution in [0, 0.1) is 12.7 Å². The summed E-state index contributed by atoms with van der Waals surface area (Å²) in [6.07, 6.45) is 3.14. The average molecular weight is 411 g/mol. The molecule has 0 saturated carbocycles. The van der Waals surface area contributed by atoms with Crippen LogP contribution in [0.1, 0.15) is 21.7 Å². The van der Waals surface area contributed by atoms with Crippen LogP contribution in [0.3, 0.4) is 0 Å². The predicted octanol–water partition coefficient (Wildman–Crippen LogP) is 4.94. The van der Waals surface area contributed by atoms with Gasteiger partial charge in [0.05, 0.1) is 18.4 Å². The second kappa shape index (κ2) is 7.89. The molecule has 2 aromatic carbocycles. The van der Waals surface area contributed by atoms with Gasteiger partial charge in [-0.2, -0.15) is 5.10 Å². The van der Waals surface area contributed by atoms with E-state index in [4.69, 9.17) is 16.1 Å². The molecule has 0 aliphatic carbocycles. The minimum atomic E-state index is -0.376. The Kier molecular flexibility index (Phi) is 5.14. The van der Waals surface area contributed by atoms with E-state index >= 15 is 0 Å². The molecule has 0 bridgehead atoms. The minimum Gasteiger partial charge on any atom is -0.360 e. The van der Waals surface area contributed by atoms with Crippen molar-refractivity contribution in [2.45, 2.75) is 13.5 Å². The summed E-state index contributed by atoms with van der Waals surface area (Å²) in [4.78, 5) is 12.8. The largest absolute Gasteiger partial charge is 0.360 e. The van der Waals surface area contributed by atoms with E-state index in [0.717, 1.165) is 0 Å². The number of amides is 1. The number of halogens is 2. The molecule has 0 saturated heterocycles. The van der Waals surface area contributed by atoms with E-state index in [-0.39, 0.29) is 18.3 Å². The normalized spacial score (nSPS) is 10.9. The van der Waals surface area contributed by atoms with Gasteiger partial charge in [0, 0.05) is 22.3 Å². The van der Waals surface area contributed by atoms with Crippen LogP contribution >= 0.6 is 11.6 Å². The number of aromatic nitrogens is 3. The Hall–Kier alpha value is -3.45. The van der Waals surface area contributed by atoms with Gasteiger partial charge in [-0.25, -0.2) is 4.39 Å². The molecule has 0 aliphatic rings. The summed E-state index contributed by atoms with van der Waals surface area (Å²) in [5, 5.41) is 11.6. The van der Waals surface area contributed by atoms with E-state index in [1.807, 2.05) is 0 Å². The lowest BCUT2D eigenvalue weighted by Gasteiger charge is -2.04. The van der Waals surface area contributed by atoms with Gasteiger partial charge < -0.3 is 9.84 Å². The maximum atomic E-state index is 13.8. The molecule has 1 amide bonds. The lowest BCUT2D eigenvalue weighted by atomic mass is 10.1. The van der Waals surface area contributed by atoms with E-state index in [1.165, 1.54) is 12.3 Å². The molecule has 0 spiro atoms. The summed E-state index contributed by atoms with van der Waals surface area (Å²) in [6.45, 7) is 1.92. The fraction of sp³-hybridized carbons (Fsp3) is 0.0952. The van der Waals surface area contributed by atoms with Gasteiger partial charge in [-0.15, -0.1) is 0 Å². The first-order valence-electron chi connectivity index (χ1n) is 8.80. The van der Waals surface area contributed by atoms with Crippen molar-refractivity contribution in [2.75, 3.05) is 5.32 Å². The SMILES string of the molecule is Cc1onc(-c2ccc(Cl)cc2)c1C(=O)Nc1cnn(Cc2ccccc2F)c1. The molecule has 8 heteroatoms. The molecule has 0 aliphatic heterocycles. The van der Waals surface area contributed by atoms with Gasteiger partial charge in [0.1, 0.15) is 22.8 Å². The third-order valence-electron chi connectivity index (χ3n) is 4.39. The molecule has 2 aromatic heterocycles. The standard InChI is InChI=1S/C21H16ClFN4O2/c1-13-19(20(26-29-13)14-6-8-16(22)9-7-14)21(28)25-17-10-24-27(12-17)11-15-4-2-3-5-18(15)23/h2-10,12H,11H2,1H3,(H,25,28). The molecule has 146 valence electrons. The number of rotatable bonds is 5. The second-order valence-electron chi connectivity index (χ2n) is 6.44. The third kappa shape index (κ3) is 4.05. The number of nitrogens with zero attached hydrogens (tertiary/aromatic N) is 3.